The minimum absolute atomic E-state index is 0.530. The van der Waals surface area contributed by atoms with Crippen LogP contribution in [-0.4, -0.2) is 19.7 Å². The van der Waals surface area contributed by atoms with Crippen LogP contribution in [0.2, 0.25) is 0 Å². The predicted molar refractivity (Wildman–Crippen MR) is 58.4 cm³/mol. The number of nitrogens with zero attached hydrogens (tertiary/aromatic N) is 4. The fourth-order valence-corrected chi connectivity index (χ4v) is 1.51. The topological polar surface area (TPSA) is 56.7 Å². The van der Waals surface area contributed by atoms with Crippen LogP contribution in [0.15, 0.2) is 17.0 Å². The van der Waals surface area contributed by atoms with Gasteiger partial charge in [-0.2, -0.15) is 4.98 Å². The molecule has 1 aliphatic rings. The smallest absolute Gasteiger partial charge is 0.250 e. The minimum atomic E-state index is 0.530. The van der Waals surface area contributed by atoms with Gasteiger partial charge in [-0.3, -0.25) is 0 Å². The van der Waals surface area contributed by atoms with Crippen LogP contribution in [0.3, 0.4) is 0 Å². The second kappa shape index (κ2) is 3.59. The van der Waals surface area contributed by atoms with Gasteiger partial charge in [-0.15, -0.1) is 0 Å². The highest BCUT2D eigenvalue weighted by atomic mass is 16.5. The Bertz CT molecular complexity index is 522. The minimum Gasteiger partial charge on any atom is -0.335 e. The van der Waals surface area contributed by atoms with Gasteiger partial charge in [0.15, 0.2) is 5.82 Å². The standard InChI is InChI=1S/C11H12N4O/c1-15-7-12-6-9(15)4-5-10-13-11(14-16-10)8-2-3-8/h4-8H,2-3H2,1H3/b5-4+. The van der Waals surface area contributed by atoms with E-state index < -0.39 is 0 Å². The monoisotopic (exact) mass is 216 g/mol. The van der Waals surface area contributed by atoms with Crippen molar-refractivity contribution in [2.24, 2.45) is 7.05 Å². The Balaban J connectivity index is 1.77. The van der Waals surface area contributed by atoms with Crippen molar-refractivity contribution in [3.8, 4) is 0 Å². The van der Waals surface area contributed by atoms with Gasteiger partial charge in [0.05, 0.1) is 18.2 Å². The van der Waals surface area contributed by atoms with Crippen molar-refractivity contribution in [2.45, 2.75) is 18.8 Å². The quantitative estimate of drug-likeness (QED) is 0.785. The van der Waals surface area contributed by atoms with Crippen LogP contribution in [0.5, 0.6) is 0 Å². The lowest BCUT2D eigenvalue weighted by Crippen LogP contribution is -1.86. The second-order valence-electron chi connectivity index (χ2n) is 4.03. The molecule has 0 aliphatic heterocycles. The predicted octanol–water partition coefficient (Wildman–Crippen LogP) is 1.85. The number of hydrogen-bond acceptors (Lipinski definition) is 4. The summed E-state index contributed by atoms with van der Waals surface area (Å²) in [6.07, 6.45) is 9.64. The fourth-order valence-electron chi connectivity index (χ4n) is 1.51. The van der Waals surface area contributed by atoms with Crippen molar-refractivity contribution in [1.29, 1.82) is 0 Å². The lowest BCUT2D eigenvalue weighted by Gasteiger charge is -1.91. The number of rotatable bonds is 3. The summed E-state index contributed by atoms with van der Waals surface area (Å²) in [5, 5.41) is 3.94. The normalized spacial score (nSPS) is 16.1. The van der Waals surface area contributed by atoms with E-state index in [1.54, 1.807) is 12.5 Å². The van der Waals surface area contributed by atoms with E-state index in [1.165, 1.54) is 12.8 Å². The van der Waals surface area contributed by atoms with Crippen LogP contribution in [0.4, 0.5) is 0 Å². The Morgan fingerprint density at radius 3 is 3.00 bits per heavy atom. The summed E-state index contributed by atoms with van der Waals surface area (Å²) >= 11 is 0. The molecule has 0 N–H and O–H groups in total. The van der Waals surface area contributed by atoms with E-state index in [9.17, 15) is 0 Å². The van der Waals surface area contributed by atoms with Crippen molar-refractivity contribution in [3.05, 3.63) is 29.9 Å². The Hall–Kier alpha value is -1.91. The summed E-state index contributed by atoms with van der Waals surface area (Å²) in [5.41, 5.74) is 1.01. The third kappa shape index (κ3) is 1.76. The fraction of sp³-hybridized carbons (Fsp3) is 0.364. The van der Waals surface area contributed by atoms with E-state index in [2.05, 4.69) is 15.1 Å². The van der Waals surface area contributed by atoms with Gasteiger partial charge in [-0.05, 0) is 18.9 Å². The van der Waals surface area contributed by atoms with Gasteiger partial charge >= 0.3 is 0 Å². The molecule has 2 aromatic heterocycles. The molecule has 0 atom stereocenters. The van der Waals surface area contributed by atoms with E-state index in [1.807, 2.05) is 23.8 Å². The summed E-state index contributed by atoms with van der Waals surface area (Å²) in [6.45, 7) is 0. The molecular weight excluding hydrogens is 204 g/mol. The molecule has 1 aliphatic carbocycles. The Labute approximate surface area is 92.8 Å². The summed E-state index contributed by atoms with van der Waals surface area (Å²) in [7, 11) is 1.94. The van der Waals surface area contributed by atoms with Gasteiger partial charge in [0.1, 0.15) is 0 Å². The summed E-state index contributed by atoms with van der Waals surface area (Å²) in [5.74, 6) is 1.93. The largest absolute Gasteiger partial charge is 0.335 e. The molecule has 0 aromatic carbocycles. The Morgan fingerprint density at radius 2 is 2.31 bits per heavy atom. The first-order chi connectivity index (χ1) is 7.83. The molecular formula is C11H12N4O. The molecule has 3 rings (SSSR count). The first kappa shape index (κ1) is 9.33. The molecule has 0 bridgehead atoms. The molecule has 5 nitrogen and oxygen atoms in total. The molecule has 0 spiro atoms. The molecule has 0 radical (unpaired) electrons. The van der Waals surface area contributed by atoms with Crippen molar-refractivity contribution >= 4 is 12.2 Å². The maximum atomic E-state index is 5.13. The molecule has 0 saturated heterocycles. The van der Waals surface area contributed by atoms with Crippen LogP contribution in [0.25, 0.3) is 12.2 Å². The third-order valence-electron chi connectivity index (χ3n) is 2.65. The van der Waals surface area contributed by atoms with Gasteiger partial charge in [0.2, 0.25) is 0 Å². The first-order valence-corrected chi connectivity index (χ1v) is 5.31. The van der Waals surface area contributed by atoms with Crippen LogP contribution in [0, 0.1) is 0 Å². The zero-order valence-corrected chi connectivity index (χ0v) is 9.00. The van der Waals surface area contributed by atoms with Crippen LogP contribution < -0.4 is 0 Å². The van der Waals surface area contributed by atoms with Crippen molar-refractivity contribution in [3.63, 3.8) is 0 Å². The number of hydrogen-bond donors (Lipinski definition) is 0. The van der Waals surface area contributed by atoms with E-state index >= 15 is 0 Å². The van der Waals surface area contributed by atoms with Crippen LogP contribution in [-0.2, 0) is 7.05 Å². The van der Waals surface area contributed by atoms with Crippen molar-refractivity contribution < 1.29 is 4.52 Å². The zero-order chi connectivity index (χ0) is 11.0. The van der Waals surface area contributed by atoms with E-state index in [0.717, 1.165) is 11.5 Å². The maximum Gasteiger partial charge on any atom is 0.250 e. The lowest BCUT2D eigenvalue weighted by molar-refractivity contribution is 0.403. The highest BCUT2D eigenvalue weighted by Gasteiger charge is 2.28. The van der Waals surface area contributed by atoms with E-state index in [4.69, 9.17) is 4.52 Å². The van der Waals surface area contributed by atoms with Gasteiger partial charge in [-0.25, -0.2) is 4.98 Å². The average Bonchev–Trinajstić information content (AvgIpc) is 2.89. The van der Waals surface area contributed by atoms with E-state index in [-0.39, 0.29) is 0 Å². The molecule has 0 unspecified atom stereocenters. The van der Waals surface area contributed by atoms with Gasteiger partial charge in [-0.1, -0.05) is 5.16 Å². The number of imidazole rings is 1. The summed E-state index contributed by atoms with van der Waals surface area (Å²) in [6, 6.07) is 0. The maximum absolute atomic E-state index is 5.13. The average molecular weight is 216 g/mol. The second-order valence-corrected chi connectivity index (χ2v) is 4.03. The molecule has 5 heteroatoms. The van der Waals surface area contributed by atoms with Gasteiger partial charge in [0, 0.05) is 19.0 Å². The summed E-state index contributed by atoms with van der Waals surface area (Å²) < 4.78 is 7.05. The first-order valence-electron chi connectivity index (χ1n) is 5.31. The molecule has 2 heterocycles. The number of aromatic nitrogens is 4. The highest BCUT2D eigenvalue weighted by molar-refractivity contribution is 5.63. The highest BCUT2D eigenvalue weighted by Crippen LogP contribution is 2.38. The molecule has 16 heavy (non-hydrogen) atoms. The SMILES string of the molecule is Cn1cncc1/C=C/c1nc(C2CC2)no1. The molecule has 82 valence electrons. The zero-order valence-electron chi connectivity index (χ0n) is 9.00. The van der Waals surface area contributed by atoms with Crippen LogP contribution in [0.1, 0.15) is 36.2 Å². The van der Waals surface area contributed by atoms with Gasteiger partial charge < -0.3 is 9.09 Å². The van der Waals surface area contributed by atoms with Crippen molar-refractivity contribution in [1.82, 2.24) is 19.7 Å². The molecule has 0 amide bonds. The Morgan fingerprint density at radius 1 is 1.44 bits per heavy atom. The molecule has 2 aromatic rings. The summed E-state index contributed by atoms with van der Waals surface area (Å²) in [4.78, 5) is 8.33. The van der Waals surface area contributed by atoms with Crippen LogP contribution >= 0.6 is 0 Å². The molecule has 1 fully saturated rings. The lowest BCUT2D eigenvalue weighted by atomic mass is 10.4. The van der Waals surface area contributed by atoms with Gasteiger partial charge in [0.25, 0.3) is 5.89 Å². The van der Waals surface area contributed by atoms with Crippen molar-refractivity contribution in [2.75, 3.05) is 0 Å². The Kier molecular flexibility index (Phi) is 2.09. The third-order valence-corrected chi connectivity index (χ3v) is 2.65. The molecule has 1 saturated carbocycles. The number of aryl methyl sites for hydroxylation is 1. The van der Waals surface area contributed by atoms with E-state index in [0.29, 0.717) is 11.8 Å².